The monoisotopic (exact) mass is 368 g/mol. The van der Waals surface area contributed by atoms with Crippen LogP contribution < -0.4 is 5.56 Å². The lowest BCUT2D eigenvalue weighted by molar-refractivity contribution is 0.642. The van der Waals surface area contributed by atoms with Gasteiger partial charge in [0, 0.05) is 23.4 Å². The van der Waals surface area contributed by atoms with Gasteiger partial charge < -0.3 is 9.13 Å². The Morgan fingerprint density at radius 3 is 2.96 bits per heavy atom. The molecule has 3 aromatic heterocycles. The van der Waals surface area contributed by atoms with Gasteiger partial charge >= 0.3 is 0 Å². The summed E-state index contributed by atoms with van der Waals surface area (Å²) in [6.45, 7) is 2.83. The van der Waals surface area contributed by atoms with E-state index in [2.05, 4.69) is 20.6 Å². The zero-order chi connectivity index (χ0) is 19.3. The average Bonchev–Trinajstić information content (AvgIpc) is 3.24. The van der Waals surface area contributed by atoms with Gasteiger partial charge in [0.05, 0.1) is 36.5 Å². The molecule has 5 rings (SSSR count). The van der Waals surface area contributed by atoms with Gasteiger partial charge in [-0.3, -0.25) is 4.79 Å². The number of benzene rings is 1. The number of pyridine rings is 1. The van der Waals surface area contributed by atoms with E-state index in [0.717, 1.165) is 34.0 Å². The topological polar surface area (TPSA) is 70.5 Å². The van der Waals surface area contributed by atoms with E-state index in [4.69, 9.17) is 11.4 Å². The first-order valence-electron chi connectivity index (χ1n) is 8.87. The van der Waals surface area contributed by atoms with Crippen LogP contribution in [0.4, 0.5) is 0 Å². The van der Waals surface area contributed by atoms with Crippen LogP contribution in [0.5, 0.6) is 0 Å². The Morgan fingerprint density at radius 1 is 1.25 bits per heavy atom. The van der Waals surface area contributed by atoms with Crippen LogP contribution in [-0.2, 0) is 13.1 Å². The van der Waals surface area contributed by atoms with Crippen LogP contribution in [0.15, 0.2) is 53.7 Å². The summed E-state index contributed by atoms with van der Waals surface area (Å²) in [4.78, 5) is 21.2. The number of terminal acetylenes is 1. The molecule has 1 aliphatic heterocycles. The normalized spacial score (nSPS) is 11.9. The second kappa shape index (κ2) is 6.06. The van der Waals surface area contributed by atoms with Crippen molar-refractivity contribution in [3.63, 3.8) is 0 Å². The maximum absolute atomic E-state index is 12.0. The molecule has 0 spiro atoms. The average molecular weight is 368 g/mol. The second-order valence-electron chi connectivity index (χ2n) is 6.70. The molecular weight excluding hydrogens is 352 g/mol. The zero-order valence-corrected chi connectivity index (χ0v) is 15.2. The molecule has 28 heavy (non-hydrogen) atoms. The molecule has 7 heteroatoms. The van der Waals surface area contributed by atoms with Gasteiger partial charge in [-0.15, -0.1) is 6.42 Å². The first-order chi connectivity index (χ1) is 13.6. The summed E-state index contributed by atoms with van der Waals surface area (Å²) in [5.41, 5.74) is 4.53. The zero-order valence-electron chi connectivity index (χ0n) is 15.2. The second-order valence-corrected chi connectivity index (χ2v) is 6.70. The van der Waals surface area contributed by atoms with E-state index < -0.39 is 0 Å². The van der Waals surface area contributed by atoms with Crippen LogP contribution in [0.1, 0.15) is 22.8 Å². The summed E-state index contributed by atoms with van der Waals surface area (Å²) in [6, 6.07) is 10.9. The maximum atomic E-state index is 12.0. The highest BCUT2D eigenvalue weighted by Gasteiger charge is 2.24. The minimum atomic E-state index is -0.0866. The van der Waals surface area contributed by atoms with Crippen molar-refractivity contribution >= 4 is 0 Å². The highest BCUT2D eigenvalue weighted by molar-refractivity contribution is 5.71. The van der Waals surface area contributed by atoms with E-state index in [9.17, 15) is 4.79 Å². The van der Waals surface area contributed by atoms with Gasteiger partial charge in [0.25, 0.3) is 5.56 Å². The van der Waals surface area contributed by atoms with Crippen molar-refractivity contribution in [1.82, 2.24) is 28.9 Å². The number of imidazole rings is 1. The van der Waals surface area contributed by atoms with Crippen LogP contribution in [-0.4, -0.2) is 28.9 Å². The van der Waals surface area contributed by atoms with E-state index >= 15 is 0 Å². The van der Waals surface area contributed by atoms with Gasteiger partial charge in [-0.25, -0.2) is 14.6 Å². The standard InChI is InChI=1S/C21H16N6O/c1-3-15-7-8-17-16(10-15)21-23-19(12-25-9-5-4-6-20(25)28)24-27(21)11-18-14(2)22-13-26(17)18/h1,4-10,13H,11-12H2,2H3. The minimum Gasteiger partial charge on any atom is -0.308 e. The summed E-state index contributed by atoms with van der Waals surface area (Å²) in [6.07, 6.45) is 9.16. The summed E-state index contributed by atoms with van der Waals surface area (Å²) in [5.74, 6) is 3.99. The molecule has 0 aliphatic carbocycles. The fraction of sp³-hybridized carbons (Fsp3) is 0.143. The lowest BCUT2D eigenvalue weighted by Gasteiger charge is -2.09. The largest absolute Gasteiger partial charge is 0.308 e. The highest BCUT2D eigenvalue weighted by atomic mass is 16.1. The van der Waals surface area contributed by atoms with Crippen LogP contribution in [0, 0.1) is 19.3 Å². The first kappa shape index (κ1) is 16.3. The van der Waals surface area contributed by atoms with E-state index in [1.165, 1.54) is 6.07 Å². The Kier molecular flexibility index (Phi) is 3.52. The molecule has 0 unspecified atom stereocenters. The Balaban J connectivity index is 1.69. The lowest BCUT2D eigenvalue weighted by Crippen LogP contribution is -2.19. The van der Waals surface area contributed by atoms with Crippen molar-refractivity contribution in [2.45, 2.75) is 20.0 Å². The van der Waals surface area contributed by atoms with E-state index in [1.807, 2.05) is 42.2 Å². The van der Waals surface area contributed by atoms with Crippen molar-refractivity contribution in [2.75, 3.05) is 0 Å². The Bertz CT molecular complexity index is 1320. The highest BCUT2D eigenvalue weighted by Crippen LogP contribution is 2.32. The molecule has 0 saturated heterocycles. The molecule has 4 heterocycles. The maximum Gasteiger partial charge on any atom is 0.250 e. The molecule has 0 N–H and O–H groups in total. The first-order valence-corrected chi connectivity index (χ1v) is 8.87. The number of fused-ring (bicyclic) bond motifs is 5. The number of hydrogen-bond acceptors (Lipinski definition) is 4. The van der Waals surface area contributed by atoms with E-state index in [0.29, 0.717) is 18.9 Å². The SMILES string of the molecule is C#Cc1ccc2c(c1)-c1nc(Cn3ccccc3=O)nn1Cc1c(C)ncn1-2. The number of hydrogen-bond donors (Lipinski definition) is 0. The molecule has 0 saturated carbocycles. The third kappa shape index (κ3) is 2.47. The van der Waals surface area contributed by atoms with Crippen LogP contribution in [0.2, 0.25) is 0 Å². The van der Waals surface area contributed by atoms with Gasteiger partial charge in [-0.2, -0.15) is 5.10 Å². The molecule has 4 aromatic rings. The molecule has 0 atom stereocenters. The lowest BCUT2D eigenvalue weighted by atomic mass is 10.1. The summed E-state index contributed by atoms with van der Waals surface area (Å²) >= 11 is 0. The summed E-state index contributed by atoms with van der Waals surface area (Å²) in [7, 11) is 0. The Morgan fingerprint density at radius 2 is 2.14 bits per heavy atom. The van der Waals surface area contributed by atoms with Gasteiger partial charge in [0.15, 0.2) is 11.6 Å². The minimum absolute atomic E-state index is 0.0866. The number of rotatable bonds is 2. The third-order valence-corrected chi connectivity index (χ3v) is 4.96. The number of aromatic nitrogens is 6. The molecule has 136 valence electrons. The molecule has 0 bridgehead atoms. The predicted octanol–water partition coefficient (Wildman–Crippen LogP) is 1.99. The number of nitrogens with zero attached hydrogens (tertiary/aromatic N) is 6. The molecule has 0 fully saturated rings. The molecule has 1 aromatic carbocycles. The van der Waals surface area contributed by atoms with Crippen molar-refractivity contribution in [3.05, 3.63) is 82.1 Å². The fourth-order valence-corrected chi connectivity index (χ4v) is 3.53. The molecular formula is C21H16N6O. The van der Waals surface area contributed by atoms with Crippen molar-refractivity contribution in [2.24, 2.45) is 0 Å². The van der Waals surface area contributed by atoms with E-state index in [1.54, 1.807) is 16.8 Å². The summed E-state index contributed by atoms with van der Waals surface area (Å²) < 4.78 is 5.50. The molecule has 0 radical (unpaired) electrons. The fourth-order valence-electron chi connectivity index (χ4n) is 3.53. The molecule has 7 nitrogen and oxygen atoms in total. The van der Waals surface area contributed by atoms with Crippen molar-refractivity contribution in [3.8, 4) is 29.4 Å². The van der Waals surface area contributed by atoms with Gasteiger partial charge in [-0.1, -0.05) is 12.0 Å². The van der Waals surface area contributed by atoms with Gasteiger partial charge in [0.1, 0.15) is 0 Å². The predicted molar refractivity (Wildman–Crippen MR) is 104 cm³/mol. The van der Waals surface area contributed by atoms with Gasteiger partial charge in [-0.05, 0) is 31.2 Å². The van der Waals surface area contributed by atoms with Gasteiger partial charge in [0.2, 0.25) is 0 Å². The Labute approximate surface area is 160 Å². The summed E-state index contributed by atoms with van der Waals surface area (Å²) in [5, 5.41) is 4.67. The molecule has 1 aliphatic rings. The Hall–Kier alpha value is -3.92. The van der Waals surface area contributed by atoms with Crippen molar-refractivity contribution < 1.29 is 0 Å². The third-order valence-electron chi connectivity index (χ3n) is 4.96. The van der Waals surface area contributed by atoms with Crippen LogP contribution in [0.25, 0.3) is 17.1 Å². The van der Waals surface area contributed by atoms with Crippen LogP contribution >= 0.6 is 0 Å². The van der Waals surface area contributed by atoms with E-state index in [-0.39, 0.29) is 5.56 Å². The number of aryl methyl sites for hydroxylation is 1. The van der Waals surface area contributed by atoms with Crippen molar-refractivity contribution in [1.29, 1.82) is 0 Å². The molecule has 0 amide bonds. The van der Waals surface area contributed by atoms with Crippen LogP contribution in [0.3, 0.4) is 0 Å². The smallest absolute Gasteiger partial charge is 0.250 e. The quantitative estimate of drug-likeness (QED) is 0.447.